The van der Waals surface area contributed by atoms with Crippen molar-refractivity contribution in [2.75, 3.05) is 7.11 Å². The Morgan fingerprint density at radius 3 is 2.75 bits per heavy atom. The van der Waals surface area contributed by atoms with Crippen LogP contribution in [0.25, 0.3) is 9.88 Å². The van der Waals surface area contributed by atoms with Gasteiger partial charge in [0, 0.05) is 28.9 Å². The summed E-state index contributed by atoms with van der Waals surface area (Å²) >= 11 is 6.51. The fraction of sp³-hybridized carbons (Fsp3) is 0.176. The maximum Gasteiger partial charge on any atom is 0.271 e. The van der Waals surface area contributed by atoms with Crippen LogP contribution >= 0.6 is 38.6 Å². The summed E-state index contributed by atoms with van der Waals surface area (Å²) in [6.45, 7) is 0.982. The lowest BCUT2D eigenvalue weighted by molar-refractivity contribution is 0.0946. The lowest BCUT2D eigenvalue weighted by Gasteiger charge is -2.09. The Balaban J connectivity index is 1.67. The van der Waals surface area contributed by atoms with Crippen molar-refractivity contribution in [1.29, 1.82) is 0 Å². The third-order valence-electron chi connectivity index (χ3n) is 3.37. The van der Waals surface area contributed by atoms with Gasteiger partial charge in [-0.05, 0) is 33.1 Å². The highest BCUT2D eigenvalue weighted by atomic mass is 79.9. The number of ether oxygens (including phenoxy) is 1. The summed E-state index contributed by atoms with van der Waals surface area (Å²) in [5, 5.41) is 7.58. The molecule has 0 bridgehead atoms. The van der Waals surface area contributed by atoms with Gasteiger partial charge in [-0.25, -0.2) is 4.98 Å². The van der Waals surface area contributed by atoms with E-state index in [-0.39, 0.29) is 5.91 Å². The molecule has 2 heterocycles. The number of benzene rings is 1. The molecular formula is C17H15BrN2O2S2. The number of thiophene rings is 1. The lowest BCUT2D eigenvalue weighted by atomic mass is 10.1. The molecule has 0 radical (unpaired) electrons. The van der Waals surface area contributed by atoms with E-state index in [4.69, 9.17) is 4.74 Å². The van der Waals surface area contributed by atoms with Crippen molar-refractivity contribution in [3.8, 4) is 9.88 Å². The van der Waals surface area contributed by atoms with Gasteiger partial charge in [0.15, 0.2) is 0 Å². The van der Waals surface area contributed by atoms with Gasteiger partial charge < -0.3 is 10.1 Å². The van der Waals surface area contributed by atoms with Gasteiger partial charge in [-0.15, -0.1) is 22.7 Å². The summed E-state index contributed by atoms with van der Waals surface area (Å²) in [6.07, 6.45) is 0. The van der Waals surface area contributed by atoms with Crippen LogP contribution in [0.15, 0.2) is 45.6 Å². The number of hydrogen-bond donors (Lipinski definition) is 1. The van der Waals surface area contributed by atoms with Crippen molar-refractivity contribution in [2.45, 2.75) is 13.2 Å². The minimum Gasteiger partial charge on any atom is -0.380 e. The average molecular weight is 423 g/mol. The molecule has 0 saturated heterocycles. The molecule has 4 nitrogen and oxygen atoms in total. The Kier molecular flexibility index (Phi) is 5.78. The molecule has 0 spiro atoms. The van der Waals surface area contributed by atoms with E-state index in [1.807, 2.05) is 35.7 Å². The van der Waals surface area contributed by atoms with Gasteiger partial charge in [-0.1, -0.05) is 24.3 Å². The highest BCUT2D eigenvalue weighted by molar-refractivity contribution is 9.10. The molecule has 1 N–H and O–H groups in total. The Morgan fingerprint density at radius 1 is 1.25 bits per heavy atom. The highest BCUT2D eigenvalue weighted by Gasteiger charge is 2.13. The summed E-state index contributed by atoms with van der Waals surface area (Å²) in [5.74, 6) is -0.166. The van der Waals surface area contributed by atoms with E-state index in [1.54, 1.807) is 23.8 Å². The second-order valence-corrected chi connectivity index (χ2v) is 7.74. The largest absolute Gasteiger partial charge is 0.380 e. The number of halogens is 1. The quantitative estimate of drug-likeness (QED) is 0.625. The molecule has 7 heteroatoms. The number of aromatic nitrogens is 1. The molecule has 0 saturated carbocycles. The van der Waals surface area contributed by atoms with E-state index in [1.165, 1.54) is 11.3 Å². The zero-order valence-electron chi connectivity index (χ0n) is 12.9. The van der Waals surface area contributed by atoms with Gasteiger partial charge in [0.1, 0.15) is 10.7 Å². The van der Waals surface area contributed by atoms with E-state index in [0.717, 1.165) is 25.5 Å². The van der Waals surface area contributed by atoms with Crippen LogP contribution in [0.1, 0.15) is 21.6 Å². The van der Waals surface area contributed by atoms with Crippen molar-refractivity contribution in [2.24, 2.45) is 0 Å². The van der Waals surface area contributed by atoms with Crippen LogP contribution < -0.4 is 5.32 Å². The van der Waals surface area contributed by atoms with Crippen LogP contribution in [-0.4, -0.2) is 18.0 Å². The molecule has 0 unspecified atom stereocenters. The number of methoxy groups -OCH3 is 1. The summed E-state index contributed by atoms with van der Waals surface area (Å²) < 4.78 is 6.21. The third kappa shape index (κ3) is 4.10. The van der Waals surface area contributed by atoms with E-state index in [2.05, 4.69) is 26.2 Å². The number of nitrogens with one attached hydrogen (secondary N) is 1. The Bertz CT molecular complexity index is 844. The molecule has 0 fully saturated rings. The molecule has 3 rings (SSSR count). The first-order valence-corrected chi connectivity index (χ1v) is 9.76. The molecule has 0 aliphatic heterocycles. The lowest BCUT2D eigenvalue weighted by Crippen LogP contribution is -2.23. The normalized spacial score (nSPS) is 10.8. The Morgan fingerprint density at radius 2 is 2.04 bits per heavy atom. The van der Waals surface area contributed by atoms with Crippen LogP contribution in [0.4, 0.5) is 0 Å². The predicted octanol–water partition coefficient (Wildman–Crippen LogP) is 4.71. The van der Waals surface area contributed by atoms with E-state index in [9.17, 15) is 4.79 Å². The smallest absolute Gasteiger partial charge is 0.271 e. The van der Waals surface area contributed by atoms with Crippen molar-refractivity contribution in [3.63, 3.8) is 0 Å². The number of nitrogens with zero attached hydrogens (tertiary/aromatic N) is 1. The van der Waals surface area contributed by atoms with Crippen molar-refractivity contribution in [1.82, 2.24) is 10.3 Å². The number of rotatable bonds is 6. The molecule has 0 aliphatic carbocycles. The average Bonchev–Trinajstić information content (AvgIpc) is 3.23. The highest BCUT2D eigenvalue weighted by Crippen LogP contribution is 2.31. The number of thiazole rings is 1. The van der Waals surface area contributed by atoms with E-state index >= 15 is 0 Å². The van der Waals surface area contributed by atoms with Crippen molar-refractivity contribution < 1.29 is 9.53 Å². The number of carbonyl (C=O) groups excluding carboxylic acids is 1. The second kappa shape index (κ2) is 8.02. The zero-order chi connectivity index (χ0) is 16.9. The maximum atomic E-state index is 12.3. The van der Waals surface area contributed by atoms with Crippen molar-refractivity contribution in [3.05, 3.63) is 62.4 Å². The summed E-state index contributed by atoms with van der Waals surface area (Å²) in [7, 11) is 1.66. The first kappa shape index (κ1) is 17.3. The molecule has 2 aromatic heterocycles. The monoisotopic (exact) mass is 422 g/mol. The number of amides is 1. The van der Waals surface area contributed by atoms with Crippen LogP contribution in [0.5, 0.6) is 0 Å². The SMILES string of the molecule is COCc1ccccc1CNC(=O)c1csc(-c2cc(Br)cs2)n1. The minimum absolute atomic E-state index is 0.166. The van der Waals surface area contributed by atoms with Gasteiger partial charge in [0.25, 0.3) is 5.91 Å². The number of hydrogen-bond acceptors (Lipinski definition) is 5. The second-order valence-electron chi connectivity index (χ2n) is 5.05. The maximum absolute atomic E-state index is 12.3. The predicted molar refractivity (Wildman–Crippen MR) is 101 cm³/mol. The summed E-state index contributed by atoms with van der Waals surface area (Å²) in [4.78, 5) is 17.8. The molecule has 24 heavy (non-hydrogen) atoms. The van der Waals surface area contributed by atoms with Gasteiger partial charge >= 0.3 is 0 Å². The van der Waals surface area contributed by atoms with Gasteiger partial charge in [0.05, 0.1) is 11.5 Å². The fourth-order valence-corrected chi connectivity index (χ4v) is 4.52. The topological polar surface area (TPSA) is 51.2 Å². The molecular weight excluding hydrogens is 408 g/mol. The van der Waals surface area contributed by atoms with Crippen LogP contribution in [0.2, 0.25) is 0 Å². The van der Waals surface area contributed by atoms with Gasteiger partial charge in [-0.2, -0.15) is 0 Å². The van der Waals surface area contributed by atoms with E-state index in [0.29, 0.717) is 18.8 Å². The first-order valence-electron chi connectivity index (χ1n) is 7.21. The zero-order valence-corrected chi connectivity index (χ0v) is 16.1. The molecule has 0 atom stereocenters. The third-order valence-corrected chi connectivity index (χ3v) is 6.08. The van der Waals surface area contributed by atoms with Crippen LogP contribution in [-0.2, 0) is 17.9 Å². The first-order chi connectivity index (χ1) is 11.7. The van der Waals surface area contributed by atoms with Gasteiger partial charge in [0.2, 0.25) is 0 Å². The molecule has 1 amide bonds. The molecule has 124 valence electrons. The number of carbonyl (C=O) groups is 1. The Hall–Kier alpha value is -1.54. The molecule has 1 aromatic carbocycles. The summed E-state index contributed by atoms with van der Waals surface area (Å²) in [5.41, 5.74) is 2.57. The van der Waals surface area contributed by atoms with Crippen LogP contribution in [0, 0.1) is 0 Å². The fourth-order valence-electron chi connectivity index (χ4n) is 2.21. The Labute approximate surface area is 156 Å². The molecule has 3 aromatic rings. The van der Waals surface area contributed by atoms with Crippen LogP contribution in [0.3, 0.4) is 0 Å². The minimum atomic E-state index is -0.166. The van der Waals surface area contributed by atoms with Crippen molar-refractivity contribution >= 4 is 44.5 Å². The molecule has 0 aliphatic rings. The summed E-state index contributed by atoms with van der Waals surface area (Å²) in [6, 6.07) is 9.92. The standard InChI is InChI=1S/C17H15BrN2O2S2/c1-22-8-12-5-3-2-4-11(12)7-19-16(21)14-10-24-17(20-14)15-6-13(18)9-23-15/h2-6,9-10H,7-8H2,1H3,(H,19,21). The van der Waals surface area contributed by atoms with Gasteiger partial charge in [-0.3, -0.25) is 4.79 Å². The van der Waals surface area contributed by atoms with E-state index < -0.39 is 0 Å².